The highest BCUT2D eigenvalue weighted by atomic mass is 19.1. The summed E-state index contributed by atoms with van der Waals surface area (Å²) in [6.07, 6.45) is 3.71. The molecule has 0 saturated carbocycles. The number of nitrogens with one attached hydrogen (secondary N) is 2. The first kappa shape index (κ1) is 17.8. The van der Waals surface area contributed by atoms with Crippen LogP contribution >= 0.6 is 0 Å². The fourth-order valence-corrected chi connectivity index (χ4v) is 4.44. The number of para-hydroxylation sites is 2. The Bertz CT molecular complexity index is 1080. The molecule has 1 saturated heterocycles. The van der Waals surface area contributed by atoms with Crippen LogP contribution < -0.4 is 10.6 Å². The largest absolute Gasteiger partial charge is 0.372 e. The van der Waals surface area contributed by atoms with E-state index in [0.29, 0.717) is 24.3 Å². The van der Waals surface area contributed by atoms with Crippen molar-refractivity contribution < 1.29 is 9.18 Å². The summed E-state index contributed by atoms with van der Waals surface area (Å²) in [6, 6.07) is 17.1. The molecule has 1 spiro atoms. The number of aromatic nitrogens is 1. The SMILES string of the molecule is Cc1ccc(NC(=O)N2CCC3(CC2)Nc2ccccc2-n2cccc23)cc1F. The summed E-state index contributed by atoms with van der Waals surface area (Å²) in [7, 11) is 0. The van der Waals surface area contributed by atoms with Gasteiger partial charge < -0.3 is 20.1 Å². The lowest BCUT2D eigenvalue weighted by Crippen LogP contribution is -2.51. The molecule has 2 aliphatic heterocycles. The van der Waals surface area contributed by atoms with Crippen molar-refractivity contribution in [1.82, 2.24) is 9.47 Å². The van der Waals surface area contributed by atoms with Gasteiger partial charge in [-0.15, -0.1) is 0 Å². The van der Waals surface area contributed by atoms with Crippen molar-refractivity contribution >= 4 is 17.4 Å². The highest BCUT2D eigenvalue weighted by Crippen LogP contribution is 2.43. The number of benzene rings is 2. The van der Waals surface area contributed by atoms with Crippen LogP contribution in [0.15, 0.2) is 60.8 Å². The first-order valence-electron chi connectivity index (χ1n) is 9.93. The lowest BCUT2D eigenvalue weighted by atomic mass is 9.82. The van der Waals surface area contributed by atoms with E-state index in [0.717, 1.165) is 24.2 Å². The van der Waals surface area contributed by atoms with Crippen LogP contribution in [0.1, 0.15) is 24.1 Å². The van der Waals surface area contributed by atoms with E-state index in [2.05, 4.69) is 45.7 Å². The average molecular weight is 390 g/mol. The summed E-state index contributed by atoms with van der Waals surface area (Å²) in [5.41, 5.74) is 4.36. The van der Waals surface area contributed by atoms with E-state index in [-0.39, 0.29) is 17.4 Å². The van der Waals surface area contributed by atoms with E-state index in [4.69, 9.17) is 0 Å². The Kier molecular flexibility index (Phi) is 4.08. The van der Waals surface area contributed by atoms with E-state index in [9.17, 15) is 9.18 Å². The quantitative estimate of drug-likeness (QED) is 0.623. The zero-order chi connectivity index (χ0) is 20.0. The smallest absolute Gasteiger partial charge is 0.321 e. The molecule has 29 heavy (non-hydrogen) atoms. The molecule has 0 atom stereocenters. The van der Waals surface area contributed by atoms with Gasteiger partial charge in [-0.25, -0.2) is 9.18 Å². The number of urea groups is 1. The highest BCUT2D eigenvalue weighted by Gasteiger charge is 2.42. The summed E-state index contributed by atoms with van der Waals surface area (Å²) in [5.74, 6) is -0.314. The molecule has 2 aliphatic rings. The Labute approximate surface area is 169 Å². The third-order valence-electron chi connectivity index (χ3n) is 6.10. The van der Waals surface area contributed by atoms with Gasteiger partial charge in [0.1, 0.15) is 5.82 Å². The fraction of sp³-hybridized carbons (Fsp3) is 0.261. The van der Waals surface area contributed by atoms with Crippen LogP contribution in [0.3, 0.4) is 0 Å². The highest BCUT2D eigenvalue weighted by molar-refractivity contribution is 5.89. The predicted molar refractivity (Wildman–Crippen MR) is 112 cm³/mol. The van der Waals surface area contributed by atoms with Crippen molar-refractivity contribution in [2.24, 2.45) is 0 Å². The van der Waals surface area contributed by atoms with Crippen molar-refractivity contribution in [3.63, 3.8) is 0 Å². The minimum absolute atomic E-state index is 0.185. The van der Waals surface area contributed by atoms with Crippen LogP contribution in [0.25, 0.3) is 5.69 Å². The molecule has 0 unspecified atom stereocenters. The van der Waals surface area contributed by atoms with Gasteiger partial charge in [0.05, 0.1) is 16.9 Å². The van der Waals surface area contributed by atoms with Crippen LogP contribution in [0, 0.1) is 12.7 Å². The lowest BCUT2D eigenvalue weighted by Gasteiger charge is -2.46. The monoisotopic (exact) mass is 390 g/mol. The first-order valence-corrected chi connectivity index (χ1v) is 9.93. The standard InChI is InChI=1S/C23H23FN4O/c1-16-8-9-17(15-18(16)24)25-22(29)27-13-10-23(11-14-27)21-7-4-12-28(21)20-6-3-2-5-19(20)26-23/h2-9,12,15,26H,10-11,13-14H2,1H3,(H,25,29). The molecule has 1 fully saturated rings. The third kappa shape index (κ3) is 2.95. The van der Waals surface area contributed by atoms with Gasteiger partial charge in [0.25, 0.3) is 0 Å². The maximum atomic E-state index is 13.8. The van der Waals surface area contributed by atoms with Crippen LogP contribution in [0.2, 0.25) is 0 Å². The normalized spacial score (nSPS) is 16.7. The number of piperidine rings is 1. The zero-order valence-electron chi connectivity index (χ0n) is 16.3. The molecule has 3 heterocycles. The molecule has 0 radical (unpaired) electrons. The number of nitrogens with zero attached hydrogens (tertiary/aromatic N) is 2. The maximum Gasteiger partial charge on any atom is 0.321 e. The van der Waals surface area contributed by atoms with E-state index < -0.39 is 0 Å². The Morgan fingerprint density at radius 2 is 1.90 bits per heavy atom. The molecular weight excluding hydrogens is 367 g/mol. The van der Waals surface area contributed by atoms with Crippen molar-refractivity contribution in [1.29, 1.82) is 0 Å². The molecule has 0 bridgehead atoms. The zero-order valence-corrected chi connectivity index (χ0v) is 16.3. The van der Waals surface area contributed by atoms with E-state index in [1.807, 2.05) is 12.1 Å². The lowest BCUT2D eigenvalue weighted by molar-refractivity contribution is 0.174. The van der Waals surface area contributed by atoms with Crippen LogP contribution in [-0.2, 0) is 5.54 Å². The number of halogens is 1. The Balaban J connectivity index is 1.33. The number of carbonyl (C=O) groups is 1. The number of fused-ring (bicyclic) bond motifs is 4. The molecular formula is C23H23FN4O. The number of likely N-dealkylation sites (tertiary alicyclic amines) is 1. The number of aryl methyl sites for hydroxylation is 1. The number of amides is 2. The number of carbonyl (C=O) groups excluding carboxylic acids is 1. The molecule has 6 heteroatoms. The molecule has 5 rings (SSSR count). The van der Waals surface area contributed by atoms with E-state index in [1.165, 1.54) is 11.8 Å². The minimum atomic E-state index is -0.314. The molecule has 2 amide bonds. The van der Waals surface area contributed by atoms with Crippen LogP contribution in [0.5, 0.6) is 0 Å². The molecule has 5 nitrogen and oxygen atoms in total. The average Bonchev–Trinajstić information content (AvgIpc) is 3.23. The van der Waals surface area contributed by atoms with Crippen molar-refractivity contribution in [3.8, 4) is 5.69 Å². The summed E-state index contributed by atoms with van der Waals surface area (Å²) in [4.78, 5) is 14.5. The van der Waals surface area contributed by atoms with Gasteiger partial charge in [0.15, 0.2) is 0 Å². The fourth-order valence-electron chi connectivity index (χ4n) is 4.44. The summed E-state index contributed by atoms with van der Waals surface area (Å²) in [5, 5.41) is 6.57. The third-order valence-corrected chi connectivity index (χ3v) is 6.10. The molecule has 1 aromatic heterocycles. The van der Waals surface area contributed by atoms with Gasteiger partial charge in [-0.3, -0.25) is 0 Å². The number of hydrogen-bond acceptors (Lipinski definition) is 2. The topological polar surface area (TPSA) is 49.3 Å². The maximum absolute atomic E-state index is 13.8. The van der Waals surface area contributed by atoms with E-state index >= 15 is 0 Å². The second-order valence-electron chi connectivity index (χ2n) is 7.87. The van der Waals surface area contributed by atoms with Gasteiger partial charge in [-0.05, 0) is 61.7 Å². The summed E-state index contributed by atoms with van der Waals surface area (Å²) >= 11 is 0. The second-order valence-corrected chi connectivity index (χ2v) is 7.87. The van der Waals surface area contributed by atoms with Gasteiger partial charge >= 0.3 is 6.03 Å². The molecule has 0 aliphatic carbocycles. The second kappa shape index (κ2) is 6.65. The van der Waals surface area contributed by atoms with Gasteiger partial charge in [-0.1, -0.05) is 18.2 Å². The number of rotatable bonds is 1. The van der Waals surface area contributed by atoms with Gasteiger partial charge in [0.2, 0.25) is 0 Å². The molecule has 148 valence electrons. The van der Waals surface area contributed by atoms with Crippen LogP contribution in [0.4, 0.5) is 20.6 Å². The van der Waals surface area contributed by atoms with Crippen molar-refractivity contribution in [2.75, 3.05) is 23.7 Å². The minimum Gasteiger partial charge on any atom is -0.372 e. The van der Waals surface area contributed by atoms with Crippen LogP contribution in [-0.4, -0.2) is 28.6 Å². The Hall–Kier alpha value is -3.28. The molecule has 2 aromatic carbocycles. The number of hydrogen-bond donors (Lipinski definition) is 2. The first-order chi connectivity index (χ1) is 14.1. The molecule has 3 aromatic rings. The number of anilines is 2. The molecule has 2 N–H and O–H groups in total. The predicted octanol–water partition coefficient (Wildman–Crippen LogP) is 4.87. The summed E-state index contributed by atoms with van der Waals surface area (Å²) < 4.78 is 16.0. The van der Waals surface area contributed by atoms with Crippen molar-refractivity contribution in [3.05, 3.63) is 77.9 Å². The van der Waals surface area contributed by atoms with Gasteiger partial charge in [0, 0.05) is 30.7 Å². The van der Waals surface area contributed by atoms with E-state index in [1.54, 1.807) is 24.0 Å². The summed E-state index contributed by atoms with van der Waals surface area (Å²) in [6.45, 7) is 2.96. The Morgan fingerprint density at radius 3 is 2.69 bits per heavy atom. The van der Waals surface area contributed by atoms with Crippen molar-refractivity contribution in [2.45, 2.75) is 25.3 Å². The Morgan fingerprint density at radius 1 is 1.10 bits per heavy atom. The van der Waals surface area contributed by atoms with Gasteiger partial charge in [-0.2, -0.15) is 0 Å².